The Labute approximate surface area is 352 Å². The minimum absolute atomic E-state index is 0.0186. The Balaban J connectivity index is 0. The van der Waals surface area contributed by atoms with E-state index in [2.05, 4.69) is 83.4 Å². The van der Waals surface area contributed by atoms with Crippen LogP contribution in [0.5, 0.6) is 5.75 Å². The molecular formula is C44H84N6O8. The molecule has 0 aliphatic carbocycles. The van der Waals surface area contributed by atoms with Crippen LogP contribution >= 0.6 is 0 Å². The Morgan fingerprint density at radius 2 is 1.50 bits per heavy atom. The van der Waals surface area contributed by atoms with Crippen LogP contribution < -0.4 is 20.7 Å². The zero-order chi connectivity index (χ0) is 45.1. The topological polar surface area (TPSA) is 162 Å². The number of hydrogen-bond acceptors (Lipinski definition) is 10. The second-order valence-electron chi connectivity index (χ2n) is 15.8. The number of likely N-dealkylation sites (tertiary alicyclic amines) is 1. The summed E-state index contributed by atoms with van der Waals surface area (Å²) in [6.45, 7) is 21.3. The molecule has 0 radical (unpaired) electrons. The summed E-state index contributed by atoms with van der Waals surface area (Å²) >= 11 is 0. The van der Waals surface area contributed by atoms with Crippen molar-refractivity contribution in [3.63, 3.8) is 0 Å². The van der Waals surface area contributed by atoms with E-state index in [1.165, 1.54) is 18.4 Å². The van der Waals surface area contributed by atoms with E-state index in [4.69, 9.17) is 14.2 Å². The van der Waals surface area contributed by atoms with E-state index in [1.807, 2.05) is 45.2 Å². The summed E-state index contributed by atoms with van der Waals surface area (Å²) in [4.78, 5) is 51.9. The minimum atomic E-state index is -0.597. The highest BCUT2D eigenvalue weighted by atomic mass is 16.5. The number of hydrogen-bond donors (Lipinski definition) is 4. The lowest BCUT2D eigenvalue weighted by atomic mass is 9.91. The molecule has 0 aromatic heterocycles. The van der Waals surface area contributed by atoms with Crippen molar-refractivity contribution in [1.29, 1.82) is 0 Å². The maximum absolute atomic E-state index is 12.9. The summed E-state index contributed by atoms with van der Waals surface area (Å²) in [7, 11) is 12.7. The van der Waals surface area contributed by atoms with E-state index in [-0.39, 0.29) is 55.2 Å². The van der Waals surface area contributed by atoms with Crippen molar-refractivity contribution in [3.05, 3.63) is 29.8 Å². The largest absolute Gasteiger partial charge is 0.497 e. The molecular weight excluding hydrogens is 741 g/mol. The number of carbonyl (C=O) groups is 4. The standard InChI is InChI=1S/C21H33N3O5.C13H26N2O3.C7H17N.C3H8/c1-13(20(29-5)18-10-16(26)11-24(18)12-25)21(27)23-14(2)19(22-3)15-6-8-17(28-4)9-7-15;1-6-10(3)13(11(7-2)18-5)15(4)12(17)8-14-9-16;1-6(2)7(3)8(4)5;1-3-2/h6-9,12-14,16,18-20,22,26H,10-11H2,1-5H3,(H,23,27);9-11,13H,6-8H2,1-5H3,(H,14,16);6-7H,1-5H3;3H2,1-2H3/t;10-,11?,13?;;/m.0../s1. The number of methoxy groups -OCH3 is 3. The van der Waals surface area contributed by atoms with E-state index in [9.17, 15) is 24.3 Å². The number of nitrogens with one attached hydrogen (secondary N) is 3. The van der Waals surface area contributed by atoms with Gasteiger partial charge in [0.25, 0.3) is 0 Å². The van der Waals surface area contributed by atoms with Crippen LogP contribution in [0.2, 0.25) is 0 Å². The Morgan fingerprint density at radius 1 is 0.931 bits per heavy atom. The van der Waals surface area contributed by atoms with Gasteiger partial charge in [-0.15, -0.1) is 0 Å². The molecule has 1 heterocycles. The Morgan fingerprint density at radius 3 is 1.88 bits per heavy atom. The molecule has 1 aliphatic heterocycles. The van der Waals surface area contributed by atoms with Crippen molar-refractivity contribution < 1.29 is 38.5 Å². The van der Waals surface area contributed by atoms with Gasteiger partial charge in [0.15, 0.2) is 0 Å². The number of amides is 4. The van der Waals surface area contributed by atoms with Crippen molar-refractivity contribution in [2.45, 2.75) is 143 Å². The Bertz CT molecular complexity index is 1230. The first-order valence-electron chi connectivity index (χ1n) is 21.0. The van der Waals surface area contributed by atoms with E-state index in [0.717, 1.165) is 30.1 Å². The number of nitrogens with zero attached hydrogens (tertiary/aromatic N) is 3. The van der Waals surface area contributed by atoms with Crippen LogP contribution in [0.25, 0.3) is 0 Å². The SMILES string of the molecule is CC(C)C(C)N(C)C.CCC.CCC(OC)C([C@@H](C)CC)N(C)C(=O)CNC=O.CNC(c1ccc(OC)cc1)C(C)NC(=O)C(C)C(OC)C1CC(O)CN1C=O. The zero-order valence-corrected chi connectivity index (χ0v) is 39.2. The summed E-state index contributed by atoms with van der Waals surface area (Å²) in [5.74, 6) is 1.14. The lowest BCUT2D eigenvalue weighted by Crippen LogP contribution is -2.51. The van der Waals surface area contributed by atoms with Gasteiger partial charge in [-0.1, -0.05) is 80.4 Å². The van der Waals surface area contributed by atoms with Gasteiger partial charge in [0.2, 0.25) is 24.6 Å². The molecule has 0 bridgehead atoms. The van der Waals surface area contributed by atoms with Crippen molar-refractivity contribution in [3.8, 4) is 5.75 Å². The molecule has 1 fully saturated rings. The maximum atomic E-state index is 12.9. The second-order valence-corrected chi connectivity index (χ2v) is 15.8. The van der Waals surface area contributed by atoms with Gasteiger partial charge in [-0.25, -0.2) is 0 Å². The number of rotatable bonds is 21. The molecule has 10 atom stereocenters. The van der Waals surface area contributed by atoms with Crippen LogP contribution in [0.15, 0.2) is 24.3 Å². The van der Waals surface area contributed by atoms with Crippen molar-refractivity contribution in [2.24, 2.45) is 17.8 Å². The number of aliphatic hydroxyl groups is 1. The summed E-state index contributed by atoms with van der Waals surface area (Å²) in [6.07, 6.45) is 3.64. The summed E-state index contributed by atoms with van der Waals surface area (Å²) in [5.41, 5.74) is 1.03. The lowest BCUT2D eigenvalue weighted by molar-refractivity contribution is -0.136. The molecule has 14 nitrogen and oxygen atoms in total. The molecule has 338 valence electrons. The Kier molecular flexibility index (Phi) is 30.9. The number of benzene rings is 1. The molecule has 4 N–H and O–H groups in total. The van der Waals surface area contributed by atoms with Gasteiger partial charge < -0.3 is 50.0 Å². The molecule has 0 saturated carbocycles. The first kappa shape index (κ1) is 56.8. The molecule has 9 unspecified atom stereocenters. The van der Waals surface area contributed by atoms with Gasteiger partial charge in [-0.3, -0.25) is 19.2 Å². The highest BCUT2D eigenvalue weighted by Gasteiger charge is 2.41. The molecule has 2 rings (SSSR count). The van der Waals surface area contributed by atoms with Crippen LogP contribution in [-0.2, 0) is 28.7 Å². The average Bonchev–Trinajstić information content (AvgIpc) is 3.59. The van der Waals surface area contributed by atoms with Crippen LogP contribution in [0.4, 0.5) is 0 Å². The molecule has 4 amide bonds. The quantitative estimate of drug-likeness (QED) is 0.128. The molecule has 0 spiro atoms. The fourth-order valence-electron chi connectivity index (χ4n) is 6.91. The third kappa shape index (κ3) is 19.6. The van der Waals surface area contributed by atoms with Crippen LogP contribution in [0, 0.1) is 17.8 Å². The second kappa shape index (κ2) is 31.6. The predicted octanol–water partition coefficient (Wildman–Crippen LogP) is 4.74. The minimum Gasteiger partial charge on any atom is -0.497 e. The fraction of sp³-hybridized carbons (Fsp3) is 0.773. The van der Waals surface area contributed by atoms with Crippen molar-refractivity contribution in [2.75, 3.05) is 62.6 Å². The van der Waals surface area contributed by atoms with Gasteiger partial charge in [0.1, 0.15) is 5.75 Å². The molecule has 1 aromatic carbocycles. The number of ether oxygens (including phenoxy) is 3. The van der Waals surface area contributed by atoms with E-state index in [1.54, 1.807) is 33.1 Å². The van der Waals surface area contributed by atoms with E-state index in [0.29, 0.717) is 31.2 Å². The molecule has 58 heavy (non-hydrogen) atoms. The lowest BCUT2D eigenvalue weighted by Gasteiger charge is -2.37. The first-order chi connectivity index (χ1) is 27.3. The summed E-state index contributed by atoms with van der Waals surface area (Å²) in [6, 6.07) is 7.84. The van der Waals surface area contributed by atoms with E-state index >= 15 is 0 Å². The van der Waals surface area contributed by atoms with Crippen LogP contribution in [0.1, 0.15) is 107 Å². The van der Waals surface area contributed by atoms with Gasteiger partial charge >= 0.3 is 0 Å². The Hall–Kier alpha value is -3.30. The number of aliphatic hydroxyl groups excluding tert-OH is 1. The third-order valence-electron chi connectivity index (χ3n) is 11.0. The number of likely N-dealkylation sites (N-methyl/N-ethyl adjacent to an activating group) is 2. The molecule has 1 aromatic rings. The van der Waals surface area contributed by atoms with Gasteiger partial charge in [-0.2, -0.15) is 0 Å². The molecule has 1 saturated heterocycles. The van der Waals surface area contributed by atoms with E-state index < -0.39 is 18.1 Å². The summed E-state index contributed by atoms with van der Waals surface area (Å²) in [5, 5.41) is 18.6. The van der Waals surface area contributed by atoms with Gasteiger partial charge in [-0.05, 0) is 77.4 Å². The van der Waals surface area contributed by atoms with Crippen molar-refractivity contribution in [1.82, 2.24) is 30.7 Å². The monoisotopic (exact) mass is 825 g/mol. The predicted molar refractivity (Wildman–Crippen MR) is 235 cm³/mol. The normalized spacial score (nSPS) is 18.9. The zero-order valence-electron chi connectivity index (χ0n) is 39.2. The first-order valence-corrected chi connectivity index (χ1v) is 21.0. The van der Waals surface area contributed by atoms with Crippen LogP contribution in [0.3, 0.4) is 0 Å². The summed E-state index contributed by atoms with van der Waals surface area (Å²) < 4.78 is 16.3. The smallest absolute Gasteiger partial charge is 0.242 e. The number of carbonyl (C=O) groups excluding carboxylic acids is 4. The maximum Gasteiger partial charge on any atom is 0.242 e. The van der Waals surface area contributed by atoms with Crippen molar-refractivity contribution >= 4 is 24.6 Å². The average molecular weight is 825 g/mol. The fourth-order valence-corrected chi connectivity index (χ4v) is 6.91. The highest BCUT2D eigenvalue weighted by Crippen LogP contribution is 2.27. The molecule has 1 aliphatic rings. The van der Waals surface area contributed by atoms with Gasteiger partial charge in [0.05, 0.1) is 56.0 Å². The highest BCUT2D eigenvalue weighted by molar-refractivity contribution is 5.80. The number of β-amino-alcohol motifs (C(OH)–C–C–N with tert-alkyl or cyclic N) is 1. The van der Waals surface area contributed by atoms with Crippen LogP contribution in [-0.4, -0.2) is 150 Å². The third-order valence-corrected chi connectivity index (χ3v) is 11.0. The van der Waals surface area contributed by atoms with Gasteiger partial charge in [0, 0.05) is 39.9 Å². The molecule has 14 heteroatoms.